The van der Waals surface area contributed by atoms with Crippen LogP contribution in [0.5, 0.6) is 0 Å². The Hall–Kier alpha value is -0.0400. The lowest BCUT2D eigenvalue weighted by Crippen LogP contribution is -2.55. The smallest absolute Gasteiger partial charge is 0.0582 e. The van der Waals surface area contributed by atoms with Gasteiger partial charge in [-0.2, -0.15) is 0 Å². The molecule has 0 saturated heterocycles. The quantitative estimate of drug-likeness (QED) is 0.193. The fraction of sp³-hybridized carbons (Fsp3) is 1.00. The van der Waals surface area contributed by atoms with E-state index in [0.717, 1.165) is 82.9 Å². The van der Waals surface area contributed by atoms with Crippen molar-refractivity contribution in [3.8, 4) is 0 Å². The van der Waals surface area contributed by atoms with Crippen molar-refractivity contribution in [1.29, 1.82) is 0 Å². The summed E-state index contributed by atoms with van der Waals surface area (Å²) in [4.78, 5) is 0. The highest BCUT2D eigenvalue weighted by molar-refractivity contribution is 5.12. The number of ether oxygens (including phenoxy) is 1. The molecule has 55 heavy (non-hydrogen) atoms. The first-order chi connectivity index (χ1) is 26.2. The number of hydrogen-bond acceptors (Lipinski definition) is 1. The van der Waals surface area contributed by atoms with Gasteiger partial charge < -0.3 is 4.74 Å². The van der Waals surface area contributed by atoms with Crippen molar-refractivity contribution in [3.63, 3.8) is 0 Å². The molecule has 0 aromatic carbocycles. The first kappa shape index (κ1) is 41.7. The van der Waals surface area contributed by atoms with Crippen LogP contribution in [0.25, 0.3) is 0 Å². The van der Waals surface area contributed by atoms with Crippen LogP contribution in [0, 0.1) is 105 Å². The minimum atomic E-state index is 0.546. The second-order valence-electron chi connectivity index (χ2n) is 25.3. The molecule has 8 rings (SSSR count). The molecule has 0 aromatic rings. The minimum Gasteiger partial charge on any atom is -0.375 e. The molecular weight excluding hydrogens is 665 g/mol. The van der Waals surface area contributed by atoms with Gasteiger partial charge in [-0.15, -0.1) is 0 Å². The van der Waals surface area contributed by atoms with Crippen molar-refractivity contribution in [2.24, 2.45) is 105 Å². The molecule has 0 bridgehead atoms. The van der Waals surface area contributed by atoms with Crippen LogP contribution >= 0.6 is 0 Å². The van der Waals surface area contributed by atoms with Crippen LogP contribution in [0.1, 0.15) is 223 Å². The van der Waals surface area contributed by atoms with E-state index in [2.05, 4.69) is 69.2 Å². The van der Waals surface area contributed by atoms with Crippen LogP contribution in [0.4, 0.5) is 0 Å². The number of fused-ring (bicyclic) bond motifs is 10. The van der Waals surface area contributed by atoms with E-state index < -0.39 is 0 Å². The highest BCUT2D eigenvalue weighted by atomic mass is 16.5. The number of rotatable bonds is 12. The predicted octanol–water partition coefficient (Wildman–Crippen LogP) is 16.0. The van der Waals surface area contributed by atoms with E-state index >= 15 is 0 Å². The van der Waals surface area contributed by atoms with Crippen molar-refractivity contribution in [2.45, 2.75) is 236 Å². The first-order valence-corrected chi connectivity index (χ1v) is 25.8. The Kier molecular flexibility index (Phi) is 12.2. The SMILES string of the molecule is CC(C)CCC[C@@H](C)[C@H]1CC[C@H]2[C@@H]3CCC4CC(OC5CC[C@@]6(C)C(CC[C@H]7[C@@H]8CC[C@H]([C@H](C)CCCC(C)C)[C@@]8(C)CC[C@@H]76)C5)CC[C@]4(C)[C@H]3CC[C@]12C. The van der Waals surface area contributed by atoms with Gasteiger partial charge in [0.2, 0.25) is 0 Å². The summed E-state index contributed by atoms with van der Waals surface area (Å²) in [5.74, 6) is 13.4. The van der Waals surface area contributed by atoms with Gasteiger partial charge in [-0.25, -0.2) is 0 Å². The Balaban J connectivity index is 0.840. The van der Waals surface area contributed by atoms with E-state index in [1.54, 1.807) is 12.8 Å². The number of hydrogen-bond donors (Lipinski definition) is 0. The largest absolute Gasteiger partial charge is 0.375 e. The lowest BCUT2D eigenvalue weighted by atomic mass is 9.44. The van der Waals surface area contributed by atoms with Crippen LogP contribution in [-0.4, -0.2) is 12.2 Å². The normalized spacial score (nSPS) is 50.4. The van der Waals surface area contributed by atoms with Crippen molar-refractivity contribution < 1.29 is 4.74 Å². The third-order valence-corrected chi connectivity index (χ3v) is 22.0. The second-order valence-corrected chi connectivity index (χ2v) is 25.3. The zero-order chi connectivity index (χ0) is 38.9. The summed E-state index contributed by atoms with van der Waals surface area (Å²) in [5.41, 5.74) is 2.40. The topological polar surface area (TPSA) is 9.23 Å². The average molecular weight is 759 g/mol. The molecular formula is C54H94O. The lowest BCUT2D eigenvalue weighted by Gasteiger charge is -2.62. The molecule has 0 heterocycles. The molecule has 0 aliphatic heterocycles. The first-order valence-electron chi connectivity index (χ1n) is 25.8. The van der Waals surface area contributed by atoms with E-state index in [4.69, 9.17) is 4.74 Å². The Morgan fingerprint density at radius 2 is 0.800 bits per heavy atom. The van der Waals surface area contributed by atoms with Crippen LogP contribution in [0.3, 0.4) is 0 Å². The fourth-order valence-corrected chi connectivity index (χ4v) is 19.0. The van der Waals surface area contributed by atoms with E-state index in [-0.39, 0.29) is 0 Å². The average Bonchev–Trinajstić information content (AvgIpc) is 3.68. The summed E-state index contributed by atoms with van der Waals surface area (Å²) in [5, 5.41) is 0. The zero-order valence-electron chi connectivity index (χ0n) is 38.6. The van der Waals surface area contributed by atoms with Crippen LogP contribution < -0.4 is 0 Å². The second kappa shape index (κ2) is 16.1. The van der Waals surface area contributed by atoms with Crippen molar-refractivity contribution in [2.75, 3.05) is 0 Å². The van der Waals surface area contributed by atoms with Crippen molar-refractivity contribution in [1.82, 2.24) is 0 Å². The molecule has 0 amide bonds. The highest BCUT2D eigenvalue weighted by Gasteiger charge is 2.63. The maximum Gasteiger partial charge on any atom is 0.0582 e. The van der Waals surface area contributed by atoms with E-state index in [1.165, 1.54) is 141 Å². The Morgan fingerprint density at radius 3 is 1.20 bits per heavy atom. The molecule has 0 radical (unpaired) electrons. The molecule has 0 spiro atoms. The molecule has 8 fully saturated rings. The van der Waals surface area contributed by atoms with Gasteiger partial charge in [-0.05, 0) is 220 Å². The van der Waals surface area contributed by atoms with Crippen LogP contribution in [0.15, 0.2) is 0 Å². The Morgan fingerprint density at radius 1 is 0.418 bits per heavy atom. The van der Waals surface area contributed by atoms with E-state index in [1.807, 2.05) is 0 Å². The minimum absolute atomic E-state index is 0.546. The standard InChI is InChI=1S/C54H94O/c1-35(2)13-11-15-37(5)45-21-23-47-43-19-17-39-33-41(25-29-51(39,7)49(43)27-31-53(45,47)9)55-42-26-30-52(8)40(34-42)18-20-44-48-24-22-46(38(6)16-12-14-36(3)4)54(48,10)32-28-50(44)52/h35-50H,11-34H2,1-10H3/t37-,38-,39?,40?,41?,42?,43+,44+,45-,46-,47+,48+,49+,50+,51+,52+,53-,54-/m1/s1. The fourth-order valence-electron chi connectivity index (χ4n) is 19.0. The summed E-state index contributed by atoms with van der Waals surface area (Å²) in [6.45, 7) is 26.1. The monoisotopic (exact) mass is 759 g/mol. The van der Waals surface area contributed by atoms with Crippen LogP contribution in [-0.2, 0) is 4.74 Å². The maximum absolute atomic E-state index is 7.34. The molecule has 8 aliphatic carbocycles. The van der Waals surface area contributed by atoms with E-state index in [0.29, 0.717) is 33.9 Å². The lowest BCUT2D eigenvalue weighted by molar-refractivity contribution is -0.168. The summed E-state index contributed by atoms with van der Waals surface area (Å²) >= 11 is 0. The Bertz CT molecular complexity index is 1190. The van der Waals surface area contributed by atoms with E-state index in [9.17, 15) is 0 Å². The molecule has 8 saturated carbocycles. The molecule has 0 N–H and O–H groups in total. The maximum atomic E-state index is 7.34. The van der Waals surface area contributed by atoms with Crippen molar-refractivity contribution in [3.05, 3.63) is 0 Å². The van der Waals surface area contributed by atoms with Gasteiger partial charge in [0.05, 0.1) is 12.2 Å². The summed E-state index contributed by atoms with van der Waals surface area (Å²) in [7, 11) is 0. The van der Waals surface area contributed by atoms with Crippen LogP contribution in [0.2, 0.25) is 0 Å². The molecule has 1 heteroatoms. The summed E-state index contributed by atoms with van der Waals surface area (Å²) < 4.78 is 7.34. The molecule has 0 aromatic heterocycles. The summed E-state index contributed by atoms with van der Waals surface area (Å²) in [6, 6.07) is 0. The predicted molar refractivity (Wildman–Crippen MR) is 235 cm³/mol. The summed E-state index contributed by atoms with van der Waals surface area (Å²) in [6.07, 6.45) is 36.6. The molecule has 18 atom stereocenters. The van der Waals surface area contributed by atoms with Gasteiger partial charge >= 0.3 is 0 Å². The van der Waals surface area contributed by atoms with Gasteiger partial charge in [-0.1, -0.05) is 108 Å². The molecule has 8 aliphatic rings. The van der Waals surface area contributed by atoms with Gasteiger partial charge in [0.15, 0.2) is 0 Å². The molecule has 316 valence electrons. The van der Waals surface area contributed by atoms with Gasteiger partial charge in [0.25, 0.3) is 0 Å². The third-order valence-electron chi connectivity index (χ3n) is 22.0. The van der Waals surface area contributed by atoms with Gasteiger partial charge in [0, 0.05) is 0 Å². The molecule has 4 unspecified atom stereocenters. The van der Waals surface area contributed by atoms with Gasteiger partial charge in [0.1, 0.15) is 0 Å². The van der Waals surface area contributed by atoms with Gasteiger partial charge in [-0.3, -0.25) is 0 Å². The highest BCUT2D eigenvalue weighted by Crippen LogP contribution is 2.70. The zero-order valence-corrected chi connectivity index (χ0v) is 38.6. The van der Waals surface area contributed by atoms with Crippen molar-refractivity contribution >= 4 is 0 Å². The Labute approximate surface area is 343 Å². The molecule has 1 nitrogen and oxygen atoms in total. The third kappa shape index (κ3) is 7.44.